The Kier molecular flexibility index (Phi) is 4.69. The summed E-state index contributed by atoms with van der Waals surface area (Å²) in [6.07, 6.45) is -0.363. The van der Waals surface area contributed by atoms with Crippen LogP contribution in [0.2, 0.25) is 0 Å². The molecule has 1 aromatic rings. The van der Waals surface area contributed by atoms with Crippen LogP contribution in [0.25, 0.3) is 0 Å². The summed E-state index contributed by atoms with van der Waals surface area (Å²) in [5.74, 6) is -1.06. The number of ketones is 1. The second-order valence-corrected chi connectivity index (χ2v) is 5.84. The lowest BCUT2D eigenvalue weighted by molar-refractivity contribution is -0.140. The van der Waals surface area contributed by atoms with E-state index in [0.717, 1.165) is 37.8 Å². The maximum absolute atomic E-state index is 13.2. The monoisotopic (exact) mass is 302 g/mol. The van der Waals surface area contributed by atoms with Crippen molar-refractivity contribution in [3.63, 3.8) is 0 Å². The van der Waals surface area contributed by atoms with E-state index in [1.807, 2.05) is 0 Å². The molecule has 0 bridgehead atoms. The average Bonchev–Trinajstić information content (AvgIpc) is 2.40. The Morgan fingerprint density at radius 2 is 1.90 bits per heavy atom. The minimum atomic E-state index is -4.78. The first-order valence-electron chi connectivity index (χ1n) is 7.19. The first-order chi connectivity index (χ1) is 9.79. The first kappa shape index (κ1) is 16.0. The number of hydrogen-bond acceptors (Lipinski definition) is 1. The van der Waals surface area contributed by atoms with Crippen LogP contribution in [-0.4, -0.2) is 5.78 Å². The topological polar surface area (TPSA) is 17.1 Å². The van der Waals surface area contributed by atoms with Gasteiger partial charge in [0.2, 0.25) is 0 Å². The van der Waals surface area contributed by atoms with Gasteiger partial charge in [-0.25, -0.2) is 4.39 Å². The lowest BCUT2D eigenvalue weighted by Crippen LogP contribution is -2.20. The smallest absolute Gasteiger partial charge is 0.294 e. The molecule has 0 radical (unpaired) electrons. The third kappa shape index (κ3) is 3.83. The molecule has 1 aliphatic rings. The molecule has 21 heavy (non-hydrogen) atoms. The van der Waals surface area contributed by atoms with Crippen LogP contribution in [0.15, 0.2) is 18.2 Å². The van der Waals surface area contributed by atoms with Gasteiger partial charge in [-0.05, 0) is 36.5 Å². The highest BCUT2D eigenvalue weighted by Crippen LogP contribution is 2.34. The van der Waals surface area contributed by atoms with Crippen molar-refractivity contribution in [2.24, 2.45) is 11.8 Å². The molecule has 0 heterocycles. The third-order valence-electron chi connectivity index (χ3n) is 4.33. The quantitative estimate of drug-likeness (QED) is 0.551. The zero-order valence-electron chi connectivity index (χ0n) is 11.8. The van der Waals surface area contributed by atoms with Crippen LogP contribution < -0.4 is 0 Å². The SMILES string of the molecule is CC1CCCCC1CC(=O)c1ccc(F)c(C(F)(F)F)c1. The van der Waals surface area contributed by atoms with Gasteiger partial charge in [-0.15, -0.1) is 0 Å². The molecule has 1 nitrogen and oxygen atoms in total. The summed E-state index contributed by atoms with van der Waals surface area (Å²) >= 11 is 0. The molecule has 1 saturated carbocycles. The standard InChI is InChI=1S/C16H18F4O/c1-10-4-2-3-5-11(10)9-15(21)12-6-7-14(17)13(8-12)16(18,19)20/h6-8,10-11H,2-5,9H2,1H3. The van der Waals surface area contributed by atoms with Crippen LogP contribution >= 0.6 is 0 Å². The molecule has 0 N–H and O–H groups in total. The second kappa shape index (κ2) is 6.16. The fourth-order valence-corrected chi connectivity index (χ4v) is 2.97. The van der Waals surface area contributed by atoms with Crippen molar-refractivity contribution >= 4 is 5.78 Å². The van der Waals surface area contributed by atoms with E-state index in [0.29, 0.717) is 12.0 Å². The molecule has 116 valence electrons. The Morgan fingerprint density at radius 1 is 1.24 bits per heavy atom. The number of carbonyl (C=O) groups excluding carboxylic acids is 1. The molecule has 2 unspecified atom stereocenters. The first-order valence-corrected chi connectivity index (χ1v) is 7.19. The molecule has 1 aliphatic carbocycles. The highest BCUT2D eigenvalue weighted by Gasteiger charge is 2.35. The molecular formula is C16H18F4O. The van der Waals surface area contributed by atoms with Crippen molar-refractivity contribution in [3.05, 3.63) is 35.1 Å². The Morgan fingerprint density at radius 3 is 2.52 bits per heavy atom. The molecule has 1 aromatic carbocycles. The van der Waals surface area contributed by atoms with Crippen molar-refractivity contribution < 1.29 is 22.4 Å². The lowest BCUT2D eigenvalue weighted by Gasteiger charge is -2.28. The second-order valence-electron chi connectivity index (χ2n) is 5.84. The summed E-state index contributed by atoms with van der Waals surface area (Å²) in [6.45, 7) is 2.07. The van der Waals surface area contributed by atoms with Gasteiger partial charge in [0.05, 0.1) is 5.56 Å². The molecular weight excluding hydrogens is 284 g/mol. The minimum absolute atomic E-state index is 0.0542. The molecule has 0 aromatic heterocycles. The van der Waals surface area contributed by atoms with Gasteiger partial charge >= 0.3 is 6.18 Å². The molecule has 0 amide bonds. The number of rotatable bonds is 3. The van der Waals surface area contributed by atoms with E-state index in [1.165, 1.54) is 0 Å². The van der Waals surface area contributed by atoms with E-state index in [9.17, 15) is 22.4 Å². The van der Waals surface area contributed by atoms with Crippen molar-refractivity contribution in [2.45, 2.75) is 45.2 Å². The summed E-state index contributed by atoms with van der Waals surface area (Å²) in [6, 6.07) is 2.49. The van der Waals surface area contributed by atoms with Crippen LogP contribution in [0, 0.1) is 17.7 Å². The number of halogens is 4. The highest BCUT2D eigenvalue weighted by molar-refractivity contribution is 5.96. The van der Waals surface area contributed by atoms with Crippen molar-refractivity contribution in [3.8, 4) is 0 Å². The Labute approximate surface area is 121 Å². The van der Waals surface area contributed by atoms with E-state index < -0.39 is 17.6 Å². The van der Waals surface area contributed by atoms with Crippen LogP contribution in [0.4, 0.5) is 17.6 Å². The summed E-state index contributed by atoms with van der Waals surface area (Å²) in [5, 5.41) is 0. The van der Waals surface area contributed by atoms with Gasteiger partial charge in [-0.3, -0.25) is 4.79 Å². The summed E-state index contributed by atoms with van der Waals surface area (Å²) in [4.78, 5) is 12.2. The van der Waals surface area contributed by atoms with Gasteiger partial charge in [0.25, 0.3) is 0 Å². The van der Waals surface area contributed by atoms with Crippen LogP contribution in [-0.2, 0) is 6.18 Å². The molecule has 5 heteroatoms. The highest BCUT2D eigenvalue weighted by atomic mass is 19.4. The van der Waals surface area contributed by atoms with Gasteiger partial charge in [0, 0.05) is 12.0 Å². The maximum Gasteiger partial charge on any atom is 0.419 e. The number of alkyl halides is 3. The zero-order chi connectivity index (χ0) is 15.6. The summed E-state index contributed by atoms with van der Waals surface area (Å²) in [7, 11) is 0. The average molecular weight is 302 g/mol. The van der Waals surface area contributed by atoms with Crippen LogP contribution in [0.5, 0.6) is 0 Å². The lowest BCUT2D eigenvalue weighted by atomic mass is 9.77. The van der Waals surface area contributed by atoms with E-state index in [1.54, 1.807) is 0 Å². The largest absolute Gasteiger partial charge is 0.419 e. The third-order valence-corrected chi connectivity index (χ3v) is 4.33. The van der Waals surface area contributed by atoms with E-state index in [4.69, 9.17) is 0 Å². The molecule has 0 saturated heterocycles. The van der Waals surface area contributed by atoms with E-state index >= 15 is 0 Å². The van der Waals surface area contributed by atoms with Crippen molar-refractivity contribution in [1.82, 2.24) is 0 Å². The normalized spacial score (nSPS) is 23.1. The molecule has 1 fully saturated rings. The molecule has 2 rings (SSSR count). The predicted molar refractivity (Wildman–Crippen MR) is 71.5 cm³/mol. The molecule has 0 spiro atoms. The number of Topliss-reactive ketones (excluding diaryl/α,β-unsaturated/α-hetero) is 1. The minimum Gasteiger partial charge on any atom is -0.294 e. The Hall–Kier alpha value is -1.39. The number of hydrogen-bond donors (Lipinski definition) is 0. The van der Waals surface area contributed by atoms with E-state index in [2.05, 4.69) is 6.92 Å². The van der Waals surface area contributed by atoms with Gasteiger partial charge in [-0.2, -0.15) is 13.2 Å². The Bertz CT molecular complexity index is 521. The fraction of sp³-hybridized carbons (Fsp3) is 0.562. The van der Waals surface area contributed by atoms with Crippen molar-refractivity contribution in [1.29, 1.82) is 0 Å². The summed E-state index contributed by atoms with van der Waals surface area (Å²) < 4.78 is 51.2. The summed E-state index contributed by atoms with van der Waals surface area (Å²) in [5.41, 5.74) is -1.42. The van der Waals surface area contributed by atoms with Gasteiger partial charge in [0.15, 0.2) is 5.78 Å². The molecule has 2 atom stereocenters. The van der Waals surface area contributed by atoms with Crippen LogP contribution in [0.1, 0.15) is 54.9 Å². The van der Waals surface area contributed by atoms with Crippen molar-refractivity contribution in [2.75, 3.05) is 0 Å². The number of carbonyl (C=O) groups is 1. The zero-order valence-corrected chi connectivity index (χ0v) is 11.8. The van der Waals surface area contributed by atoms with Gasteiger partial charge < -0.3 is 0 Å². The predicted octanol–water partition coefficient (Wildman–Crippen LogP) is 5.24. The molecule has 0 aliphatic heterocycles. The van der Waals surface area contributed by atoms with Gasteiger partial charge in [0.1, 0.15) is 5.82 Å². The Balaban J connectivity index is 2.16. The maximum atomic E-state index is 13.2. The fourth-order valence-electron chi connectivity index (χ4n) is 2.97. The van der Waals surface area contributed by atoms with Crippen LogP contribution in [0.3, 0.4) is 0 Å². The number of benzene rings is 1. The van der Waals surface area contributed by atoms with Gasteiger partial charge in [-0.1, -0.05) is 26.2 Å². The van der Waals surface area contributed by atoms with E-state index in [-0.39, 0.29) is 23.7 Å².